The summed E-state index contributed by atoms with van der Waals surface area (Å²) in [7, 11) is 0. The van der Waals surface area contributed by atoms with E-state index >= 15 is 0 Å². The van der Waals surface area contributed by atoms with Crippen molar-refractivity contribution in [1.82, 2.24) is 9.55 Å². The van der Waals surface area contributed by atoms with Crippen LogP contribution < -0.4 is 5.73 Å². The normalized spacial score (nSPS) is 13.4. The van der Waals surface area contributed by atoms with Crippen molar-refractivity contribution in [1.29, 1.82) is 0 Å². The van der Waals surface area contributed by atoms with Gasteiger partial charge in [0.25, 0.3) is 0 Å². The maximum absolute atomic E-state index is 6.30. The summed E-state index contributed by atoms with van der Waals surface area (Å²) >= 11 is 6.30. The van der Waals surface area contributed by atoms with Gasteiger partial charge in [-0.3, -0.25) is 0 Å². The Morgan fingerprint density at radius 2 is 2.06 bits per heavy atom. The van der Waals surface area contributed by atoms with E-state index in [2.05, 4.69) is 23.4 Å². The van der Waals surface area contributed by atoms with Crippen molar-refractivity contribution in [3.8, 4) is 0 Å². The molecule has 0 saturated heterocycles. The van der Waals surface area contributed by atoms with Crippen molar-refractivity contribution in [2.24, 2.45) is 5.73 Å². The average molecular weight is 266 g/mol. The molecule has 1 heterocycles. The summed E-state index contributed by atoms with van der Waals surface area (Å²) in [6, 6.07) is 6.41. The average Bonchev–Trinajstić information content (AvgIpc) is 2.66. The van der Waals surface area contributed by atoms with Crippen LogP contribution in [0.15, 0.2) is 18.2 Å². The standard InChI is InChI=1S/C14H20ClN3/c1-9(2)18-13(8-7-10(3)16)17-12-6-4-5-11(15)14(12)18/h4-6,9-10H,7-8,16H2,1-3H3. The molecule has 18 heavy (non-hydrogen) atoms. The summed E-state index contributed by atoms with van der Waals surface area (Å²) in [6.07, 6.45) is 1.83. The van der Waals surface area contributed by atoms with E-state index in [1.165, 1.54) is 0 Å². The van der Waals surface area contributed by atoms with Gasteiger partial charge in [0.2, 0.25) is 0 Å². The summed E-state index contributed by atoms with van der Waals surface area (Å²) in [5, 5.41) is 0.765. The second kappa shape index (κ2) is 5.29. The maximum atomic E-state index is 6.30. The van der Waals surface area contributed by atoms with E-state index in [4.69, 9.17) is 17.3 Å². The third kappa shape index (κ3) is 2.52. The summed E-state index contributed by atoms with van der Waals surface area (Å²) in [5.41, 5.74) is 7.83. The number of imidazole rings is 1. The molecule has 1 unspecified atom stereocenters. The number of hydrogen-bond acceptors (Lipinski definition) is 2. The van der Waals surface area contributed by atoms with Gasteiger partial charge in [0, 0.05) is 18.5 Å². The fourth-order valence-electron chi connectivity index (χ4n) is 2.24. The third-order valence-corrected chi connectivity index (χ3v) is 3.38. The zero-order valence-corrected chi connectivity index (χ0v) is 11.9. The summed E-state index contributed by atoms with van der Waals surface area (Å²) in [4.78, 5) is 4.69. The molecule has 2 rings (SSSR count). The summed E-state index contributed by atoms with van der Waals surface area (Å²) in [5.74, 6) is 1.07. The molecule has 0 amide bonds. The first-order valence-electron chi connectivity index (χ1n) is 6.41. The van der Waals surface area contributed by atoms with Crippen LogP contribution in [0.4, 0.5) is 0 Å². The van der Waals surface area contributed by atoms with Crippen molar-refractivity contribution < 1.29 is 0 Å². The Balaban J connectivity index is 2.52. The first-order chi connectivity index (χ1) is 8.50. The third-order valence-electron chi connectivity index (χ3n) is 3.07. The van der Waals surface area contributed by atoms with Crippen LogP contribution in [0.5, 0.6) is 0 Å². The largest absolute Gasteiger partial charge is 0.328 e. The van der Waals surface area contributed by atoms with Crippen molar-refractivity contribution in [3.05, 3.63) is 29.0 Å². The lowest BCUT2D eigenvalue weighted by Crippen LogP contribution is -2.17. The first kappa shape index (κ1) is 13.4. The number of benzene rings is 1. The van der Waals surface area contributed by atoms with E-state index in [-0.39, 0.29) is 6.04 Å². The highest BCUT2D eigenvalue weighted by Crippen LogP contribution is 2.28. The predicted molar refractivity (Wildman–Crippen MR) is 77.1 cm³/mol. The number of halogens is 1. The van der Waals surface area contributed by atoms with Crippen LogP contribution in [0.3, 0.4) is 0 Å². The van der Waals surface area contributed by atoms with Gasteiger partial charge in [-0.2, -0.15) is 0 Å². The van der Waals surface area contributed by atoms with Gasteiger partial charge >= 0.3 is 0 Å². The number of aromatic nitrogens is 2. The molecule has 0 aliphatic carbocycles. The molecule has 1 aromatic heterocycles. The Kier molecular flexibility index (Phi) is 3.93. The predicted octanol–water partition coefficient (Wildman–Crippen LogP) is 3.55. The Hall–Kier alpha value is -1.06. The highest BCUT2D eigenvalue weighted by molar-refractivity contribution is 6.35. The summed E-state index contributed by atoms with van der Waals surface area (Å²) in [6.45, 7) is 6.33. The molecule has 0 aliphatic heterocycles. The molecule has 1 aromatic carbocycles. The number of aryl methyl sites for hydroxylation is 1. The molecule has 0 saturated carbocycles. The molecule has 0 fully saturated rings. The molecule has 98 valence electrons. The minimum absolute atomic E-state index is 0.195. The molecule has 0 radical (unpaired) electrons. The van der Waals surface area contributed by atoms with Crippen molar-refractivity contribution in [2.75, 3.05) is 0 Å². The number of nitrogens with two attached hydrogens (primary N) is 1. The van der Waals surface area contributed by atoms with Crippen LogP contribution >= 0.6 is 11.6 Å². The molecule has 2 aromatic rings. The fourth-order valence-corrected chi connectivity index (χ4v) is 2.50. The van der Waals surface area contributed by atoms with E-state index in [1.807, 2.05) is 25.1 Å². The molecule has 0 bridgehead atoms. The second-order valence-electron chi connectivity index (χ2n) is 5.12. The van der Waals surface area contributed by atoms with E-state index in [9.17, 15) is 0 Å². The monoisotopic (exact) mass is 265 g/mol. The number of para-hydroxylation sites is 1. The van der Waals surface area contributed by atoms with Crippen LogP contribution in [-0.2, 0) is 6.42 Å². The van der Waals surface area contributed by atoms with Gasteiger partial charge in [-0.05, 0) is 39.3 Å². The van der Waals surface area contributed by atoms with Crippen LogP contribution in [0.25, 0.3) is 11.0 Å². The molecule has 2 N–H and O–H groups in total. The Morgan fingerprint density at radius 1 is 1.33 bits per heavy atom. The van der Waals surface area contributed by atoms with Gasteiger partial charge in [-0.1, -0.05) is 17.7 Å². The van der Waals surface area contributed by atoms with Gasteiger partial charge in [-0.25, -0.2) is 4.98 Å². The van der Waals surface area contributed by atoms with Crippen molar-refractivity contribution in [3.63, 3.8) is 0 Å². The van der Waals surface area contributed by atoms with Crippen LogP contribution in [0.1, 0.15) is 39.1 Å². The molecule has 3 nitrogen and oxygen atoms in total. The van der Waals surface area contributed by atoms with E-state index < -0.39 is 0 Å². The van der Waals surface area contributed by atoms with Gasteiger partial charge in [0.05, 0.1) is 16.1 Å². The van der Waals surface area contributed by atoms with Crippen molar-refractivity contribution in [2.45, 2.75) is 45.7 Å². The zero-order valence-electron chi connectivity index (χ0n) is 11.2. The highest BCUT2D eigenvalue weighted by atomic mass is 35.5. The molecule has 4 heteroatoms. The van der Waals surface area contributed by atoms with Gasteiger partial charge in [0.15, 0.2) is 0 Å². The number of fused-ring (bicyclic) bond motifs is 1. The van der Waals surface area contributed by atoms with Gasteiger partial charge in [0.1, 0.15) is 5.82 Å². The lowest BCUT2D eigenvalue weighted by atomic mass is 10.2. The molecular weight excluding hydrogens is 246 g/mol. The Labute approximate surface area is 113 Å². The number of nitrogens with zero attached hydrogens (tertiary/aromatic N) is 2. The van der Waals surface area contributed by atoms with Crippen LogP contribution in [-0.4, -0.2) is 15.6 Å². The van der Waals surface area contributed by atoms with Crippen LogP contribution in [0, 0.1) is 0 Å². The smallest absolute Gasteiger partial charge is 0.110 e. The fraction of sp³-hybridized carbons (Fsp3) is 0.500. The van der Waals surface area contributed by atoms with Crippen molar-refractivity contribution >= 4 is 22.6 Å². The molecule has 0 spiro atoms. The lowest BCUT2D eigenvalue weighted by molar-refractivity contribution is 0.559. The Morgan fingerprint density at radius 3 is 2.67 bits per heavy atom. The summed E-state index contributed by atoms with van der Waals surface area (Å²) < 4.78 is 2.22. The van der Waals surface area contributed by atoms with E-state index in [0.29, 0.717) is 6.04 Å². The van der Waals surface area contributed by atoms with Gasteiger partial charge < -0.3 is 10.3 Å². The van der Waals surface area contributed by atoms with Crippen LogP contribution in [0.2, 0.25) is 5.02 Å². The van der Waals surface area contributed by atoms with E-state index in [0.717, 1.165) is 34.7 Å². The molecule has 0 aliphatic rings. The molecular formula is C14H20ClN3. The first-order valence-corrected chi connectivity index (χ1v) is 6.79. The maximum Gasteiger partial charge on any atom is 0.110 e. The number of hydrogen-bond donors (Lipinski definition) is 1. The van der Waals surface area contributed by atoms with Gasteiger partial charge in [-0.15, -0.1) is 0 Å². The Bertz CT molecular complexity index is 543. The van der Waals surface area contributed by atoms with E-state index in [1.54, 1.807) is 0 Å². The lowest BCUT2D eigenvalue weighted by Gasteiger charge is -2.14. The second-order valence-corrected chi connectivity index (χ2v) is 5.52. The molecule has 1 atom stereocenters. The SMILES string of the molecule is CC(N)CCc1nc2cccc(Cl)c2n1C(C)C. The quantitative estimate of drug-likeness (QED) is 0.919. The highest BCUT2D eigenvalue weighted by Gasteiger charge is 2.15. The minimum Gasteiger partial charge on any atom is -0.328 e. The minimum atomic E-state index is 0.195. The zero-order chi connectivity index (χ0) is 13.3. The topological polar surface area (TPSA) is 43.8 Å². The number of rotatable bonds is 4.